The summed E-state index contributed by atoms with van der Waals surface area (Å²) in [6.45, 7) is 2.06. The van der Waals surface area contributed by atoms with E-state index in [-0.39, 0.29) is 5.82 Å². The fraction of sp³-hybridized carbons (Fsp3) is 0.200. The van der Waals surface area contributed by atoms with Crippen LogP contribution < -0.4 is 5.32 Å². The van der Waals surface area contributed by atoms with Crippen molar-refractivity contribution in [1.82, 2.24) is 9.97 Å². The molecule has 0 unspecified atom stereocenters. The molecule has 5 heteroatoms. The first kappa shape index (κ1) is 13.0. The van der Waals surface area contributed by atoms with Gasteiger partial charge in [0.25, 0.3) is 0 Å². The largest absolute Gasteiger partial charge is 0.372 e. The highest BCUT2D eigenvalue weighted by Gasteiger charge is 2.10. The molecule has 0 aliphatic heterocycles. The van der Waals surface area contributed by atoms with Crippen LogP contribution in [0, 0.1) is 12.7 Å². The molecule has 0 amide bonds. The monoisotopic (exact) mass is 287 g/mol. The molecule has 0 saturated carbocycles. The van der Waals surface area contributed by atoms with E-state index in [1.54, 1.807) is 23.5 Å². The van der Waals surface area contributed by atoms with Gasteiger partial charge in [-0.05, 0) is 30.7 Å². The number of aromatic nitrogens is 2. The molecule has 2 heterocycles. The zero-order chi connectivity index (χ0) is 14.1. The number of rotatable bonds is 3. The topological polar surface area (TPSA) is 37.8 Å². The van der Waals surface area contributed by atoms with Crippen molar-refractivity contribution < 1.29 is 4.39 Å². The first-order valence-corrected chi connectivity index (χ1v) is 7.16. The Morgan fingerprint density at radius 3 is 2.65 bits per heavy atom. The van der Waals surface area contributed by atoms with Crippen LogP contribution in [0.2, 0.25) is 0 Å². The van der Waals surface area contributed by atoms with Gasteiger partial charge in [-0.2, -0.15) is 0 Å². The van der Waals surface area contributed by atoms with E-state index in [0.717, 1.165) is 27.4 Å². The SMILES string of the molecule is CNc1nc(Cc2ccc(F)cc2)nc2sc(C)cc12. The van der Waals surface area contributed by atoms with Crippen molar-refractivity contribution in [3.8, 4) is 0 Å². The van der Waals surface area contributed by atoms with E-state index in [2.05, 4.69) is 28.3 Å². The van der Waals surface area contributed by atoms with Crippen LogP contribution in [0.3, 0.4) is 0 Å². The second-order valence-corrected chi connectivity index (χ2v) is 5.85. The second-order valence-electron chi connectivity index (χ2n) is 4.62. The predicted octanol–water partition coefficient (Wildman–Crippen LogP) is 3.77. The highest BCUT2D eigenvalue weighted by Crippen LogP contribution is 2.28. The van der Waals surface area contributed by atoms with Gasteiger partial charge in [-0.3, -0.25) is 0 Å². The normalized spacial score (nSPS) is 10.9. The van der Waals surface area contributed by atoms with E-state index in [4.69, 9.17) is 0 Å². The maximum absolute atomic E-state index is 12.9. The first-order chi connectivity index (χ1) is 9.65. The molecular weight excluding hydrogens is 273 g/mol. The third-order valence-electron chi connectivity index (χ3n) is 3.07. The van der Waals surface area contributed by atoms with Crippen molar-refractivity contribution in [2.75, 3.05) is 12.4 Å². The Bertz CT molecular complexity index is 750. The van der Waals surface area contributed by atoms with Crippen LogP contribution in [0.5, 0.6) is 0 Å². The van der Waals surface area contributed by atoms with Crippen molar-refractivity contribution in [3.63, 3.8) is 0 Å². The Hall–Kier alpha value is -2.01. The Labute approximate surface area is 120 Å². The lowest BCUT2D eigenvalue weighted by molar-refractivity contribution is 0.627. The van der Waals surface area contributed by atoms with Crippen molar-refractivity contribution >= 4 is 27.4 Å². The molecule has 0 saturated heterocycles. The Morgan fingerprint density at radius 1 is 1.20 bits per heavy atom. The summed E-state index contributed by atoms with van der Waals surface area (Å²) in [6.07, 6.45) is 0.599. The lowest BCUT2D eigenvalue weighted by atomic mass is 10.1. The fourth-order valence-electron chi connectivity index (χ4n) is 2.14. The molecule has 3 rings (SSSR count). The van der Waals surface area contributed by atoms with Gasteiger partial charge in [-0.1, -0.05) is 12.1 Å². The molecule has 2 aromatic heterocycles. The number of halogens is 1. The van der Waals surface area contributed by atoms with E-state index in [9.17, 15) is 4.39 Å². The number of nitrogens with zero attached hydrogens (tertiary/aromatic N) is 2. The van der Waals surface area contributed by atoms with Crippen LogP contribution in [-0.4, -0.2) is 17.0 Å². The van der Waals surface area contributed by atoms with Crippen LogP contribution in [0.4, 0.5) is 10.2 Å². The van der Waals surface area contributed by atoms with E-state index < -0.39 is 0 Å². The van der Waals surface area contributed by atoms with Crippen molar-refractivity contribution in [2.24, 2.45) is 0 Å². The minimum Gasteiger partial charge on any atom is -0.372 e. The molecule has 3 nitrogen and oxygen atoms in total. The van der Waals surface area contributed by atoms with Crippen LogP contribution in [-0.2, 0) is 6.42 Å². The van der Waals surface area contributed by atoms with Gasteiger partial charge in [0.15, 0.2) is 0 Å². The number of nitrogens with one attached hydrogen (secondary N) is 1. The number of hydrogen-bond acceptors (Lipinski definition) is 4. The lowest BCUT2D eigenvalue weighted by Gasteiger charge is -2.05. The van der Waals surface area contributed by atoms with E-state index >= 15 is 0 Å². The van der Waals surface area contributed by atoms with Gasteiger partial charge in [0.1, 0.15) is 22.3 Å². The van der Waals surface area contributed by atoms with Gasteiger partial charge in [-0.15, -0.1) is 11.3 Å². The quantitative estimate of drug-likeness (QED) is 0.797. The number of fused-ring (bicyclic) bond motifs is 1. The average Bonchev–Trinajstić information content (AvgIpc) is 2.80. The smallest absolute Gasteiger partial charge is 0.138 e. The molecule has 20 heavy (non-hydrogen) atoms. The Morgan fingerprint density at radius 2 is 1.95 bits per heavy atom. The van der Waals surface area contributed by atoms with Crippen LogP contribution in [0.25, 0.3) is 10.2 Å². The summed E-state index contributed by atoms with van der Waals surface area (Å²) >= 11 is 1.66. The van der Waals surface area contributed by atoms with Gasteiger partial charge >= 0.3 is 0 Å². The highest BCUT2D eigenvalue weighted by molar-refractivity contribution is 7.18. The molecule has 1 aromatic carbocycles. The van der Waals surface area contributed by atoms with Gasteiger partial charge in [0.05, 0.1) is 5.39 Å². The zero-order valence-electron chi connectivity index (χ0n) is 11.3. The summed E-state index contributed by atoms with van der Waals surface area (Å²) in [5, 5.41) is 4.17. The second kappa shape index (κ2) is 5.17. The summed E-state index contributed by atoms with van der Waals surface area (Å²) in [5.74, 6) is 1.36. The van der Waals surface area contributed by atoms with Gasteiger partial charge in [0.2, 0.25) is 0 Å². The summed E-state index contributed by atoms with van der Waals surface area (Å²) in [4.78, 5) is 11.3. The van der Waals surface area contributed by atoms with Crippen LogP contribution in [0.15, 0.2) is 30.3 Å². The standard InChI is InChI=1S/C15H14FN3S/c1-9-7-12-14(17-2)18-13(19-15(12)20-9)8-10-3-5-11(16)6-4-10/h3-7H,8H2,1-2H3,(H,17,18,19). The highest BCUT2D eigenvalue weighted by atomic mass is 32.1. The molecule has 0 radical (unpaired) electrons. The van der Waals surface area contributed by atoms with Crippen molar-refractivity contribution in [3.05, 3.63) is 52.4 Å². The summed E-state index contributed by atoms with van der Waals surface area (Å²) in [5.41, 5.74) is 1.00. The van der Waals surface area contributed by atoms with Crippen LogP contribution in [0.1, 0.15) is 16.3 Å². The van der Waals surface area contributed by atoms with Crippen molar-refractivity contribution in [1.29, 1.82) is 0 Å². The maximum Gasteiger partial charge on any atom is 0.138 e. The van der Waals surface area contributed by atoms with Gasteiger partial charge < -0.3 is 5.32 Å². The Kier molecular flexibility index (Phi) is 3.36. The predicted molar refractivity (Wildman–Crippen MR) is 80.9 cm³/mol. The first-order valence-electron chi connectivity index (χ1n) is 6.35. The third-order valence-corrected chi connectivity index (χ3v) is 4.02. The van der Waals surface area contributed by atoms with Gasteiger partial charge in [0, 0.05) is 18.3 Å². The fourth-order valence-corrected chi connectivity index (χ4v) is 3.04. The molecule has 0 aliphatic carbocycles. The summed E-state index contributed by atoms with van der Waals surface area (Å²) < 4.78 is 12.9. The van der Waals surface area contributed by atoms with E-state index in [1.165, 1.54) is 17.0 Å². The average molecular weight is 287 g/mol. The number of aryl methyl sites for hydroxylation is 1. The zero-order valence-corrected chi connectivity index (χ0v) is 12.1. The number of anilines is 1. The molecule has 102 valence electrons. The van der Waals surface area contributed by atoms with E-state index in [0.29, 0.717) is 6.42 Å². The molecule has 0 atom stereocenters. The molecule has 0 spiro atoms. The lowest BCUT2D eigenvalue weighted by Crippen LogP contribution is -2.01. The maximum atomic E-state index is 12.9. The van der Waals surface area contributed by atoms with Crippen molar-refractivity contribution in [2.45, 2.75) is 13.3 Å². The van der Waals surface area contributed by atoms with Gasteiger partial charge in [-0.25, -0.2) is 14.4 Å². The molecule has 0 fully saturated rings. The molecule has 0 bridgehead atoms. The number of hydrogen-bond donors (Lipinski definition) is 1. The van der Waals surface area contributed by atoms with E-state index in [1.807, 2.05) is 7.05 Å². The molecule has 3 aromatic rings. The number of thiophene rings is 1. The number of benzene rings is 1. The van der Waals surface area contributed by atoms with Crippen LogP contribution >= 0.6 is 11.3 Å². The minimum atomic E-state index is -0.227. The molecular formula is C15H14FN3S. The molecule has 0 aliphatic rings. The summed E-state index contributed by atoms with van der Waals surface area (Å²) in [7, 11) is 1.86. The summed E-state index contributed by atoms with van der Waals surface area (Å²) in [6, 6.07) is 8.54. The molecule has 1 N–H and O–H groups in total. The third kappa shape index (κ3) is 2.49. The minimum absolute atomic E-state index is 0.227. The Balaban J connectivity index is 2.00.